The van der Waals surface area contributed by atoms with Crippen molar-refractivity contribution in [2.45, 2.75) is 38.5 Å². The minimum Gasteiger partial charge on any atom is -0.369 e. The Bertz CT molecular complexity index is 660. The molecule has 1 heterocycles. The summed E-state index contributed by atoms with van der Waals surface area (Å²) in [5.41, 5.74) is 8.81. The molecule has 1 amide bonds. The number of hydrogen-bond acceptors (Lipinski definition) is 2. The van der Waals surface area contributed by atoms with Crippen LogP contribution in [0.15, 0.2) is 42.6 Å². The van der Waals surface area contributed by atoms with E-state index in [0.717, 1.165) is 11.1 Å². The number of aromatic nitrogens is 1. The molecular formula is C18H21ClN2O. The molecular weight excluding hydrogens is 296 g/mol. The summed E-state index contributed by atoms with van der Waals surface area (Å²) in [6.07, 6.45) is 2.15. The van der Waals surface area contributed by atoms with E-state index in [9.17, 15) is 4.79 Å². The number of primary amides is 1. The smallest absolute Gasteiger partial charge is 0.225 e. The second-order valence-corrected chi connectivity index (χ2v) is 6.91. The molecule has 0 aliphatic heterocycles. The van der Waals surface area contributed by atoms with Gasteiger partial charge in [0.05, 0.1) is 5.92 Å². The Morgan fingerprint density at radius 3 is 2.36 bits per heavy atom. The first-order valence-corrected chi connectivity index (χ1v) is 7.65. The zero-order valence-electron chi connectivity index (χ0n) is 13.1. The third kappa shape index (κ3) is 4.08. The number of carbonyl (C=O) groups excluding carboxylic acids is 1. The van der Waals surface area contributed by atoms with Crippen molar-refractivity contribution in [1.82, 2.24) is 4.98 Å². The lowest BCUT2D eigenvalue weighted by Gasteiger charge is -2.20. The molecule has 3 nitrogen and oxygen atoms in total. The van der Waals surface area contributed by atoms with E-state index in [0.29, 0.717) is 11.6 Å². The summed E-state index contributed by atoms with van der Waals surface area (Å²) in [7, 11) is 0. The van der Waals surface area contributed by atoms with E-state index in [1.54, 1.807) is 18.3 Å². The number of pyridine rings is 1. The highest BCUT2D eigenvalue weighted by Crippen LogP contribution is 2.25. The highest BCUT2D eigenvalue weighted by molar-refractivity contribution is 6.29. The van der Waals surface area contributed by atoms with Crippen LogP contribution < -0.4 is 5.73 Å². The Balaban J connectivity index is 2.24. The molecule has 0 aliphatic carbocycles. The van der Waals surface area contributed by atoms with Crippen molar-refractivity contribution < 1.29 is 4.79 Å². The van der Waals surface area contributed by atoms with Crippen LogP contribution in [0.3, 0.4) is 0 Å². The van der Waals surface area contributed by atoms with E-state index in [-0.39, 0.29) is 11.3 Å². The lowest BCUT2D eigenvalue weighted by molar-refractivity contribution is -0.119. The fraction of sp³-hybridized carbons (Fsp3) is 0.333. The van der Waals surface area contributed by atoms with Gasteiger partial charge in [0.1, 0.15) is 5.15 Å². The molecule has 0 saturated carbocycles. The average Bonchev–Trinajstić information content (AvgIpc) is 2.44. The van der Waals surface area contributed by atoms with E-state index < -0.39 is 5.92 Å². The lowest BCUT2D eigenvalue weighted by Crippen LogP contribution is -2.23. The summed E-state index contributed by atoms with van der Waals surface area (Å²) in [5, 5.41) is 0.367. The van der Waals surface area contributed by atoms with E-state index in [1.807, 2.05) is 0 Å². The van der Waals surface area contributed by atoms with Crippen LogP contribution in [0.4, 0.5) is 0 Å². The fourth-order valence-corrected chi connectivity index (χ4v) is 2.58. The summed E-state index contributed by atoms with van der Waals surface area (Å²) >= 11 is 5.90. The van der Waals surface area contributed by atoms with Crippen molar-refractivity contribution in [3.05, 3.63) is 64.4 Å². The lowest BCUT2D eigenvalue weighted by atomic mass is 9.85. The quantitative estimate of drug-likeness (QED) is 0.871. The standard InChI is InChI=1S/C18H21ClN2O/c1-18(2,3)14-6-4-12(5-7-14)10-15(17(20)22)13-8-9-21-16(19)11-13/h4-9,11,15H,10H2,1-3H3,(H2,20,22). The highest BCUT2D eigenvalue weighted by atomic mass is 35.5. The van der Waals surface area contributed by atoms with E-state index in [4.69, 9.17) is 17.3 Å². The molecule has 2 rings (SSSR count). The molecule has 0 spiro atoms. The van der Waals surface area contributed by atoms with Gasteiger partial charge in [-0.25, -0.2) is 4.98 Å². The molecule has 1 aromatic heterocycles. The molecule has 1 unspecified atom stereocenters. The van der Waals surface area contributed by atoms with Crippen LogP contribution in [0.1, 0.15) is 43.4 Å². The summed E-state index contributed by atoms with van der Waals surface area (Å²) in [6, 6.07) is 11.8. The summed E-state index contributed by atoms with van der Waals surface area (Å²) in [4.78, 5) is 15.7. The fourth-order valence-electron chi connectivity index (χ4n) is 2.39. The molecule has 2 aromatic rings. The van der Waals surface area contributed by atoms with E-state index in [2.05, 4.69) is 50.0 Å². The Morgan fingerprint density at radius 2 is 1.86 bits per heavy atom. The van der Waals surface area contributed by atoms with Gasteiger partial charge in [0.15, 0.2) is 0 Å². The maximum atomic E-state index is 11.8. The number of amides is 1. The van der Waals surface area contributed by atoms with Crippen LogP contribution in [-0.4, -0.2) is 10.9 Å². The highest BCUT2D eigenvalue weighted by Gasteiger charge is 2.20. The Kier molecular flexibility index (Phi) is 4.87. The van der Waals surface area contributed by atoms with Crippen LogP contribution >= 0.6 is 11.6 Å². The minimum atomic E-state index is -0.402. The van der Waals surface area contributed by atoms with Gasteiger partial charge in [-0.3, -0.25) is 4.79 Å². The van der Waals surface area contributed by atoms with Gasteiger partial charge in [0, 0.05) is 6.20 Å². The van der Waals surface area contributed by atoms with Crippen LogP contribution in [0.5, 0.6) is 0 Å². The monoisotopic (exact) mass is 316 g/mol. The van der Waals surface area contributed by atoms with Gasteiger partial charge in [-0.1, -0.05) is 56.6 Å². The van der Waals surface area contributed by atoms with Crippen LogP contribution in [0, 0.1) is 0 Å². The van der Waals surface area contributed by atoms with E-state index in [1.165, 1.54) is 5.56 Å². The zero-order valence-corrected chi connectivity index (χ0v) is 13.9. The van der Waals surface area contributed by atoms with Crippen molar-refractivity contribution in [3.8, 4) is 0 Å². The second-order valence-electron chi connectivity index (χ2n) is 6.52. The van der Waals surface area contributed by atoms with Crippen molar-refractivity contribution in [2.24, 2.45) is 5.73 Å². The number of nitrogens with zero attached hydrogens (tertiary/aromatic N) is 1. The van der Waals surface area contributed by atoms with Crippen LogP contribution in [-0.2, 0) is 16.6 Å². The molecule has 0 fully saturated rings. The number of nitrogens with two attached hydrogens (primary N) is 1. The maximum absolute atomic E-state index is 11.8. The normalized spacial score (nSPS) is 12.9. The van der Waals surface area contributed by atoms with Gasteiger partial charge < -0.3 is 5.73 Å². The second kappa shape index (κ2) is 6.49. The SMILES string of the molecule is CC(C)(C)c1ccc(CC(C(N)=O)c2ccnc(Cl)c2)cc1. The van der Waals surface area contributed by atoms with Gasteiger partial charge in [0.2, 0.25) is 5.91 Å². The first-order chi connectivity index (χ1) is 10.3. The van der Waals surface area contributed by atoms with Crippen molar-refractivity contribution in [1.29, 1.82) is 0 Å². The topological polar surface area (TPSA) is 56.0 Å². The number of rotatable bonds is 4. The van der Waals surface area contributed by atoms with Crippen LogP contribution in [0.25, 0.3) is 0 Å². The molecule has 0 radical (unpaired) electrons. The predicted molar refractivity (Wildman–Crippen MR) is 90.0 cm³/mol. The van der Waals surface area contributed by atoms with Gasteiger partial charge in [-0.15, -0.1) is 0 Å². The number of benzene rings is 1. The van der Waals surface area contributed by atoms with Crippen molar-refractivity contribution >= 4 is 17.5 Å². The zero-order chi connectivity index (χ0) is 16.3. The van der Waals surface area contributed by atoms with Gasteiger partial charge in [-0.05, 0) is 40.7 Å². The molecule has 4 heteroatoms. The first-order valence-electron chi connectivity index (χ1n) is 7.27. The van der Waals surface area contributed by atoms with Gasteiger partial charge in [-0.2, -0.15) is 0 Å². The third-order valence-corrected chi connectivity index (χ3v) is 3.96. The molecule has 2 N–H and O–H groups in total. The van der Waals surface area contributed by atoms with Crippen molar-refractivity contribution in [2.75, 3.05) is 0 Å². The first kappa shape index (κ1) is 16.5. The molecule has 0 saturated heterocycles. The van der Waals surface area contributed by atoms with Gasteiger partial charge in [0.25, 0.3) is 0 Å². The molecule has 1 atom stereocenters. The number of halogens is 1. The van der Waals surface area contributed by atoms with Gasteiger partial charge >= 0.3 is 0 Å². The Labute approximate surface area is 136 Å². The summed E-state index contributed by atoms with van der Waals surface area (Å²) in [5.74, 6) is -0.761. The van der Waals surface area contributed by atoms with Crippen LogP contribution in [0.2, 0.25) is 5.15 Å². The third-order valence-electron chi connectivity index (χ3n) is 3.76. The molecule has 0 aliphatic rings. The number of hydrogen-bond donors (Lipinski definition) is 1. The Morgan fingerprint density at radius 1 is 1.23 bits per heavy atom. The maximum Gasteiger partial charge on any atom is 0.225 e. The molecule has 22 heavy (non-hydrogen) atoms. The summed E-state index contributed by atoms with van der Waals surface area (Å²) in [6.45, 7) is 6.52. The largest absolute Gasteiger partial charge is 0.369 e. The minimum absolute atomic E-state index is 0.111. The molecule has 1 aromatic carbocycles. The van der Waals surface area contributed by atoms with E-state index >= 15 is 0 Å². The van der Waals surface area contributed by atoms with Crippen molar-refractivity contribution in [3.63, 3.8) is 0 Å². The summed E-state index contributed by atoms with van der Waals surface area (Å²) < 4.78 is 0. The predicted octanol–water partition coefficient (Wildman–Crippen LogP) is 3.84. The molecule has 0 bridgehead atoms. The Hall–Kier alpha value is -1.87. The number of carbonyl (C=O) groups is 1. The average molecular weight is 317 g/mol. The molecule has 116 valence electrons.